The van der Waals surface area contributed by atoms with Gasteiger partial charge in [-0.1, -0.05) is 0 Å². The van der Waals surface area contributed by atoms with Crippen LogP contribution in [0.1, 0.15) is 27.2 Å². The first-order chi connectivity index (χ1) is 4.85. The first-order valence-electron chi connectivity index (χ1n) is 3.97. The molecule has 0 unspecified atom stereocenters. The van der Waals surface area contributed by atoms with Crippen LogP contribution in [0.5, 0.6) is 0 Å². The van der Waals surface area contributed by atoms with Gasteiger partial charge < -0.3 is 24.8 Å². The van der Waals surface area contributed by atoms with Gasteiger partial charge in [0, 0.05) is 0 Å². The van der Waals surface area contributed by atoms with Crippen LogP contribution < -0.4 is 24.8 Å². The minimum Gasteiger partial charge on any atom is -1.00 e. The Balaban J connectivity index is -0.000000405. The van der Waals surface area contributed by atoms with Crippen molar-refractivity contribution in [3.05, 3.63) is 0 Å². The maximum Gasteiger partial charge on any atom is -1.00 e. The smallest absolute Gasteiger partial charge is 1.00 e. The number of hydrogen-bond donors (Lipinski definition) is 0. The van der Waals surface area contributed by atoms with Crippen LogP contribution in [-0.4, -0.2) is 23.1 Å². The molecule has 5 heteroatoms. The zero-order valence-corrected chi connectivity index (χ0v) is 11.0. The van der Waals surface area contributed by atoms with Gasteiger partial charge in [-0.05, 0) is 0 Å². The fourth-order valence-electron chi connectivity index (χ4n) is 0.592. The van der Waals surface area contributed by atoms with E-state index in [0.717, 1.165) is 26.1 Å². The third-order valence-electron chi connectivity index (χ3n) is 1.26. The molecular formula is C7H17Cl2NOTi. The topological polar surface area (TPSA) is 12.5 Å². The van der Waals surface area contributed by atoms with E-state index in [4.69, 9.17) is 3.32 Å². The first-order valence-corrected chi connectivity index (χ1v) is 5.31. The van der Waals surface area contributed by atoms with Crippen molar-refractivity contribution in [3.63, 3.8) is 0 Å². The predicted octanol–water partition coefficient (Wildman–Crippen LogP) is -4.32. The number of nitrogens with zero attached hydrogens (tertiary/aromatic N) is 1. The van der Waals surface area contributed by atoms with Gasteiger partial charge in [0.2, 0.25) is 0 Å². The number of hydrogen-bond acceptors (Lipinski definition) is 2. The van der Waals surface area contributed by atoms with Crippen LogP contribution in [0.3, 0.4) is 0 Å². The van der Waals surface area contributed by atoms with E-state index in [0.29, 0.717) is 0 Å². The standard InChI is InChI=1S/C4H10N.C3H7O.2ClH.Ti/c1-3-5-4-2;1-2-3-4;;;/h3-4H2,1-2H3;2-3H2,1H3;2*1H;/q2*-1;;;+4/p-2. The Morgan fingerprint density at radius 3 is 1.92 bits per heavy atom. The van der Waals surface area contributed by atoms with Crippen LogP contribution in [0, 0.1) is 0 Å². The van der Waals surface area contributed by atoms with Crippen LogP contribution in [0.15, 0.2) is 0 Å². The van der Waals surface area contributed by atoms with Crippen molar-refractivity contribution in [3.8, 4) is 0 Å². The van der Waals surface area contributed by atoms with Gasteiger partial charge in [0.1, 0.15) is 0 Å². The van der Waals surface area contributed by atoms with Gasteiger partial charge in [-0.2, -0.15) is 0 Å². The van der Waals surface area contributed by atoms with Crippen LogP contribution >= 0.6 is 0 Å². The van der Waals surface area contributed by atoms with Crippen molar-refractivity contribution in [2.75, 3.05) is 19.7 Å². The summed E-state index contributed by atoms with van der Waals surface area (Å²) in [5.41, 5.74) is 0. The summed E-state index contributed by atoms with van der Waals surface area (Å²) in [6, 6.07) is 0. The normalized spacial score (nSPS) is 8.33. The van der Waals surface area contributed by atoms with Crippen molar-refractivity contribution in [2.24, 2.45) is 0 Å². The molecule has 0 spiro atoms. The molecule has 0 rings (SSSR count). The summed E-state index contributed by atoms with van der Waals surface area (Å²) in [5.74, 6) is 0. The summed E-state index contributed by atoms with van der Waals surface area (Å²) in [6.45, 7) is 9.73. The maximum atomic E-state index is 5.48. The quantitative estimate of drug-likeness (QED) is 0.349. The number of halogens is 2. The van der Waals surface area contributed by atoms with E-state index in [2.05, 4.69) is 24.2 Å². The molecule has 0 amide bonds. The molecule has 0 aliphatic carbocycles. The van der Waals surface area contributed by atoms with Gasteiger partial charge in [0.25, 0.3) is 0 Å². The zero-order chi connectivity index (χ0) is 7.82. The molecule has 0 aromatic carbocycles. The van der Waals surface area contributed by atoms with Crippen LogP contribution in [0.25, 0.3) is 0 Å². The molecule has 2 nitrogen and oxygen atoms in total. The van der Waals surface area contributed by atoms with E-state index in [1.807, 2.05) is 0 Å². The fraction of sp³-hybridized carbons (Fsp3) is 1.00. The molecule has 0 aliphatic heterocycles. The van der Waals surface area contributed by atoms with Crippen LogP contribution in [0.4, 0.5) is 0 Å². The van der Waals surface area contributed by atoms with Gasteiger partial charge in [-0.15, -0.1) is 0 Å². The molecule has 0 bridgehead atoms. The Kier molecular flexibility index (Phi) is 23.2. The average molecular weight is 250 g/mol. The van der Waals surface area contributed by atoms with Gasteiger partial charge in [0.15, 0.2) is 0 Å². The van der Waals surface area contributed by atoms with Crippen molar-refractivity contribution >= 4 is 0 Å². The Labute approximate surface area is 97.9 Å². The average Bonchev–Trinajstić information content (AvgIpc) is 1.99. The summed E-state index contributed by atoms with van der Waals surface area (Å²) >= 11 is -0.238. The molecular weight excluding hydrogens is 233 g/mol. The summed E-state index contributed by atoms with van der Waals surface area (Å²) < 4.78 is 7.86. The summed E-state index contributed by atoms with van der Waals surface area (Å²) in [5, 5.41) is 0. The molecule has 0 radical (unpaired) electrons. The van der Waals surface area contributed by atoms with E-state index in [9.17, 15) is 0 Å². The van der Waals surface area contributed by atoms with Crippen molar-refractivity contribution in [2.45, 2.75) is 27.2 Å². The second-order valence-electron chi connectivity index (χ2n) is 2.11. The Morgan fingerprint density at radius 2 is 1.58 bits per heavy atom. The molecule has 0 heterocycles. The second kappa shape index (κ2) is 14.7. The second-order valence-corrected chi connectivity index (χ2v) is 3.84. The molecule has 0 saturated carbocycles. The molecule has 0 atom stereocenters. The molecule has 12 heavy (non-hydrogen) atoms. The van der Waals surface area contributed by atoms with Gasteiger partial charge in [-0.3, -0.25) is 0 Å². The monoisotopic (exact) mass is 249 g/mol. The van der Waals surface area contributed by atoms with Crippen LogP contribution in [0.2, 0.25) is 0 Å². The molecule has 0 aliphatic rings. The molecule has 0 fully saturated rings. The molecule has 0 aromatic rings. The maximum absolute atomic E-state index is 5.48. The largest absolute Gasteiger partial charge is 1.00 e. The van der Waals surface area contributed by atoms with Crippen molar-refractivity contribution < 1.29 is 47.9 Å². The molecule has 74 valence electrons. The zero-order valence-electron chi connectivity index (χ0n) is 7.94. The van der Waals surface area contributed by atoms with Gasteiger partial charge in [0.05, 0.1) is 0 Å². The van der Waals surface area contributed by atoms with Crippen molar-refractivity contribution in [1.82, 2.24) is 3.38 Å². The minimum absolute atomic E-state index is 0. The van der Waals surface area contributed by atoms with E-state index < -0.39 is 0 Å². The SMILES string of the molecule is CCC[O][Ti+2][N](CC)CC.[Cl-].[Cl-]. The Hall–Kier alpha value is 1.21. The van der Waals surface area contributed by atoms with E-state index in [1.54, 1.807) is 0 Å². The fourth-order valence-corrected chi connectivity index (χ4v) is 1.74. The Morgan fingerprint density at radius 1 is 1.08 bits per heavy atom. The van der Waals surface area contributed by atoms with E-state index in [-0.39, 0.29) is 44.6 Å². The molecule has 0 saturated heterocycles. The summed E-state index contributed by atoms with van der Waals surface area (Å²) in [6.07, 6.45) is 1.14. The summed E-state index contributed by atoms with van der Waals surface area (Å²) in [4.78, 5) is 0. The Bertz CT molecular complexity index is 74.4. The minimum atomic E-state index is -0.238. The van der Waals surface area contributed by atoms with Gasteiger partial charge >= 0.3 is 73.4 Å². The third-order valence-corrected chi connectivity index (χ3v) is 3.17. The van der Waals surface area contributed by atoms with E-state index in [1.165, 1.54) is 0 Å². The molecule has 0 N–H and O–H groups in total. The molecule has 0 aromatic heterocycles. The summed E-state index contributed by atoms with van der Waals surface area (Å²) in [7, 11) is 0. The van der Waals surface area contributed by atoms with Crippen molar-refractivity contribution in [1.29, 1.82) is 0 Å². The third kappa shape index (κ3) is 11.2. The van der Waals surface area contributed by atoms with Crippen LogP contribution in [-0.2, 0) is 23.1 Å². The van der Waals surface area contributed by atoms with Gasteiger partial charge in [-0.25, -0.2) is 0 Å². The van der Waals surface area contributed by atoms with E-state index >= 15 is 0 Å². The predicted molar refractivity (Wildman–Crippen MR) is 39.2 cm³/mol. The number of rotatable bonds is 6. The first kappa shape index (κ1) is 18.9.